The summed E-state index contributed by atoms with van der Waals surface area (Å²) in [7, 11) is 1.52. The van der Waals surface area contributed by atoms with Crippen LogP contribution >= 0.6 is 11.6 Å². The van der Waals surface area contributed by atoms with Crippen molar-refractivity contribution in [2.45, 2.75) is 12.8 Å². The Balaban J connectivity index is 2.72. The number of hydroxylamine groups is 2. The average Bonchev–Trinajstić information content (AvgIpc) is 1.66. The summed E-state index contributed by atoms with van der Waals surface area (Å²) >= 11 is 5.36. The van der Waals surface area contributed by atoms with Crippen molar-refractivity contribution in [3.63, 3.8) is 0 Å². The highest BCUT2D eigenvalue weighted by Crippen LogP contribution is 1.92. The van der Waals surface area contributed by atoms with Gasteiger partial charge >= 0.3 is 0 Å². The molecular weight excluding hydrogens is 126 g/mol. The van der Waals surface area contributed by atoms with Crippen LogP contribution in [0.15, 0.2) is 0 Å². The molecule has 0 atom stereocenters. The zero-order chi connectivity index (χ0) is 6.41. The first kappa shape index (κ1) is 8.21. The fourth-order valence-corrected chi connectivity index (χ4v) is 0.618. The molecule has 0 aliphatic heterocycles. The van der Waals surface area contributed by atoms with Crippen molar-refractivity contribution >= 4 is 11.6 Å². The number of unbranched alkanes of at least 4 members (excludes halogenated alkanes) is 1. The maximum atomic E-state index is 10.2. The summed E-state index contributed by atoms with van der Waals surface area (Å²) in [6.45, 7) is 0.604. The van der Waals surface area contributed by atoms with Crippen molar-refractivity contribution in [1.29, 1.82) is 0 Å². The van der Waals surface area contributed by atoms with Crippen molar-refractivity contribution in [3.8, 4) is 0 Å². The summed E-state index contributed by atoms with van der Waals surface area (Å²) in [4.78, 5) is 0. The molecule has 0 aliphatic rings. The Morgan fingerprint density at radius 1 is 1.50 bits per heavy atom. The first-order valence-corrected chi connectivity index (χ1v) is 3.25. The molecule has 0 aliphatic carbocycles. The molecule has 0 amide bonds. The summed E-state index contributed by atoms with van der Waals surface area (Å²) in [5.41, 5.74) is 0. The average molecular weight is 137 g/mol. The maximum Gasteiger partial charge on any atom is 0.0223 e. The minimum atomic E-state index is 0.604. The van der Waals surface area contributed by atoms with Crippen LogP contribution in [0.5, 0.6) is 0 Å². The number of alkyl halides is 1. The van der Waals surface area contributed by atoms with Gasteiger partial charge in [0, 0.05) is 5.88 Å². The van der Waals surface area contributed by atoms with Crippen LogP contribution in [0.3, 0.4) is 0 Å². The molecule has 0 aromatic rings. The molecule has 0 aromatic heterocycles. The summed E-state index contributed by atoms with van der Waals surface area (Å²) in [5, 5.41) is 11.1. The lowest BCUT2D eigenvalue weighted by atomic mass is 10.3. The van der Waals surface area contributed by atoms with Crippen LogP contribution in [0.25, 0.3) is 0 Å². The second-order valence-corrected chi connectivity index (χ2v) is 2.13. The highest BCUT2D eigenvalue weighted by molar-refractivity contribution is 6.17. The van der Waals surface area contributed by atoms with Gasteiger partial charge in [0.05, 0.1) is 0 Å². The largest absolute Gasteiger partial charge is 0.785 e. The Kier molecular flexibility index (Phi) is 5.49. The predicted octanol–water partition coefficient (Wildman–Crippen LogP) is 1.43. The molecule has 0 fully saturated rings. The molecule has 0 heterocycles. The van der Waals surface area contributed by atoms with Crippen molar-refractivity contribution in [2.24, 2.45) is 0 Å². The van der Waals surface area contributed by atoms with Gasteiger partial charge in [-0.15, -0.1) is 11.6 Å². The van der Waals surface area contributed by atoms with Crippen molar-refractivity contribution in [1.82, 2.24) is 5.06 Å². The van der Waals surface area contributed by atoms with Gasteiger partial charge < -0.3 is 10.3 Å². The van der Waals surface area contributed by atoms with Crippen LogP contribution in [0.4, 0.5) is 0 Å². The predicted molar refractivity (Wildman–Crippen MR) is 36.0 cm³/mol. The zero-order valence-electron chi connectivity index (χ0n) is 5.06. The van der Waals surface area contributed by atoms with E-state index in [2.05, 4.69) is 0 Å². The lowest BCUT2D eigenvalue weighted by molar-refractivity contribution is 0.444. The Morgan fingerprint density at radius 3 is 2.50 bits per heavy atom. The smallest absolute Gasteiger partial charge is 0.0223 e. The van der Waals surface area contributed by atoms with Gasteiger partial charge in [-0.05, 0) is 26.4 Å². The first-order valence-electron chi connectivity index (χ1n) is 2.71. The molecule has 0 radical (unpaired) electrons. The Bertz CT molecular complexity index is 49.7. The van der Waals surface area contributed by atoms with E-state index in [4.69, 9.17) is 11.6 Å². The quantitative estimate of drug-likeness (QED) is 0.332. The standard InChI is InChI=1S/C5H11ClNO/c1-7(8)5-3-2-4-6/h2-5H2,1H3/q-1. The number of nitrogens with zero attached hydrogens (tertiary/aromatic N) is 1. The Morgan fingerprint density at radius 2 is 2.12 bits per heavy atom. The maximum absolute atomic E-state index is 10.2. The number of hydrogen-bond donors (Lipinski definition) is 0. The van der Waals surface area contributed by atoms with Gasteiger partial charge in [0.2, 0.25) is 0 Å². The van der Waals surface area contributed by atoms with E-state index in [-0.39, 0.29) is 0 Å². The van der Waals surface area contributed by atoms with Gasteiger partial charge in [-0.25, -0.2) is 0 Å². The molecule has 0 spiro atoms. The molecule has 0 bridgehead atoms. The SMILES string of the molecule is CN([O-])CCCCCl. The third-order valence-electron chi connectivity index (χ3n) is 0.857. The van der Waals surface area contributed by atoms with E-state index < -0.39 is 0 Å². The van der Waals surface area contributed by atoms with E-state index in [1.54, 1.807) is 0 Å². The molecule has 0 N–H and O–H groups in total. The molecule has 0 saturated heterocycles. The molecule has 0 rings (SSSR count). The second kappa shape index (κ2) is 5.35. The summed E-state index contributed by atoms with van der Waals surface area (Å²) in [5.74, 6) is 0.661. The Labute approximate surface area is 55.0 Å². The van der Waals surface area contributed by atoms with E-state index in [1.807, 2.05) is 0 Å². The van der Waals surface area contributed by atoms with Gasteiger partial charge in [-0.1, -0.05) is 0 Å². The van der Waals surface area contributed by atoms with Crippen LogP contribution in [-0.4, -0.2) is 24.5 Å². The van der Waals surface area contributed by atoms with Gasteiger partial charge in [-0.3, -0.25) is 0 Å². The molecule has 2 nitrogen and oxygen atoms in total. The third kappa shape index (κ3) is 6.21. The molecule has 8 heavy (non-hydrogen) atoms. The minimum absolute atomic E-state index is 0.604. The molecule has 50 valence electrons. The fraction of sp³-hybridized carbons (Fsp3) is 1.00. The van der Waals surface area contributed by atoms with Crippen LogP contribution in [-0.2, 0) is 0 Å². The van der Waals surface area contributed by atoms with E-state index in [0.29, 0.717) is 12.4 Å². The lowest BCUT2D eigenvalue weighted by Crippen LogP contribution is -2.10. The topological polar surface area (TPSA) is 26.3 Å². The highest BCUT2D eigenvalue weighted by Gasteiger charge is 1.83. The Hall–Kier alpha value is 0.210. The lowest BCUT2D eigenvalue weighted by Gasteiger charge is -2.20. The van der Waals surface area contributed by atoms with Gasteiger partial charge in [0.15, 0.2) is 0 Å². The highest BCUT2D eigenvalue weighted by atomic mass is 35.5. The van der Waals surface area contributed by atoms with Gasteiger partial charge in [-0.2, -0.15) is 0 Å². The van der Waals surface area contributed by atoms with Gasteiger partial charge in [0.25, 0.3) is 0 Å². The zero-order valence-corrected chi connectivity index (χ0v) is 5.82. The van der Waals surface area contributed by atoms with Crippen LogP contribution in [0.1, 0.15) is 12.8 Å². The van der Waals surface area contributed by atoms with E-state index >= 15 is 0 Å². The van der Waals surface area contributed by atoms with E-state index in [1.165, 1.54) is 7.05 Å². The molecular formula is C5H11ClNO-. The number of halogens is 1. The second-order valence-electron chi connectivity index (χ2n) is 1.75. The van der Waals surface area contributed by atoms with E-state index in [9.17, 15) is 5.21 Å². The van der Waals surface area contributed by atoms with Gasteiger partial charge in [0.1, 0.15) is 0 Å². The normalized spacial score (nSPS) is 10.5. The minimum Gasteiger partial charge on any atom is -0.785 e. The van der Waals surface area contributed by atoms with Crippen LogP contribution in [0, 0.1) is 5.21 Å². The summed E-state index contributed by atoms with van der Waals surface area (Å²) < 4.78 is 0. The molecule has 0 saturated carbocycles. The van der Waals surface area contributed by atoms with Crippen LogP contribution in [0.2, 0.25) is 0 Å². The summed E-state index contributed by atoms with van der Waals surface area (Å²) in [6.07, 6.45) is 1.84. The molecule has 0 unspecified atom stereocenters. The first-order chi connectivity index (χ1) is 3.77. The van der Waals surface area contributed by atoms with Crippen molar-refractivity contribution < 1.29 is 0 Å². The fourth-order valence-electron chi connectivity index (χ4n) is 0.429. The molecule has 0 aromatic carbocycles. The number of rotatable bonds is 4. The van der Waals surface area contributed by atoms with Crippen molar-refractivity contribution in [3.05, 3.63) is 5.21 Å². The monoisotopic (exact) mass is 136 g/mol. The van der Waals surface area contributed by atoms with E-state index in [0.717, 1.165) is 17.9 Å². The van der Waals surface area contributed by atoms with Crippen LogP contribution < -0.4 is 0 Å². The number of hydrogen-bond acceptors (Lipinski definition) is 2. The summed E-state index contributed by atoms with van der Waals surface area (Å²) in [6, 6.07) is 0. The van der Waals surface area contributed by atoms with Crippen molar-refractivity contribution in [2.75, 3.05) is 19.5 Å². The molecule has 3 heteroatoms. The third-order valence-corrected chi connectivity index (χ3v) is 1.12.